The highest BCUT2D eigenvalue weighted by Gasteiger charge is 2.40. The molecule has 0 bridgehead atoms. The monoisotopic (exact) mass is 438 g/mol. The van der Waals surface area contributed by atoms with Crippen molar-refractivity contribution in [2.75, 3.05) is 0 Å². The van der Waals surface area contributed by atoms with Gasteiger partial charge in [0.2, 0.25) is 0 Å². The lowest BCUT2D eigenvalue weighted by atomic mass is 9.85. The Hall–Kier alpha value is -1.21. The first-order chi connectivity index (χ1) is 14.4. The molecule has 2 rings (SSSR count). The Morgan fingerprint density at radius 3 is 2.70 bits per heavy atom. The molecule has 170 valence electrons. The fraction of sp³-hybridized carbons (Fsp3) is 0.708. The van der Waals surface area contributed by atoms with Crippen LogP contribution in [0.5, 0.6) is 0 Å². The Morgan fingerprint density at radius 1 is 1.23 bits per heavy atom. The molecular formula is C24H38O5S. The van der Waals surface area contributed by atoms with Gasteiger partial charge < -0.3 is 20.1 Å². The van der Waals surface area contributed by atoms with Crippen molar-refractivity contribution >= 4 is 17.3 Å². The second-order valence-electron chi connectivity index (χ2n) is 8.69. The van der Waals surface area contributed by atoms with Crippen LogP contribution in [0, 0.1) is 11.8 Å². The highest BCUT2D eigenvalue weighted by atomic mass is 32.1. The van der Waals surface area contributed by atoms with Gasteiger partial charge in [0.25, 0.3) is 0 Å². The molecule has 0 aromatic carbocycles. The van der Waals surface area contributed by atoms with Crippen LogP contribution < -0.4 is 0 Å². The van der Waals surface area contributed by atoms with Crippen molar-refractivity contribution in [1.82, 2.24) is 0 Å². The van der Waals surface area contributed by atoms with E-state index in [9.17, 15) is 20.1 Å². The molecule has 3 N–H and O–H groups in total. The summed E-state index contributed by atoms with van der Waals surface area (Å²) in [5.41, 5.74) is 0. The van der Waals surface area contributed by atoms with Gasteiger partial charge in [0.15, 0.2) is 0 Å². The number of hydrogen-bond acceptors (Lipinski definition) is 6. The van der Waals surface area contributed by atoms with Crippen LogP contribution in [0.4, 0.5) is 0 Å². The molecule has 1 heterocycles. The normalized spacial score (nSPS) is 25.3. The van der Waals surface area contributed by atoms with Crippen molar-refractivity contribution in [3.63, 3.8) is 0 Å². The van der Waals surface area contributed by atoms with Crippen LogP contribution in [0.1, 0.15) is 70.1 Å². The summed E-state index contributed by atoms with van der Waals surface area (Å²) in [4.78, 5) is 12.8. The third kappa shape index (κ3) is 8.88. The molecule has 3 unspecified atom stereocenters. The number of carbonyl (C=O) groups is 1. The molecule has 1 aromatic rings. The van der Waals surface area contributed by atoms with Gasteiger partial charge in [-0.25, -0.2) is 0 Å². The molecule has 0 spiro atoms. The summed E-state index contributed by atoms with van der Waals surface area (Å²) >= 11 is 1.71. The van der Waals surface area contributed by atoms with E-state index >= 15 is 0 Å². The summed E-state index contributed by atoms with van der Waals surface area (Å²) in [6, 6.07) is 4.11. The van der Waals surface area contributed by atoms with Gasteiger partial charge in [0.1, 0.15) is 0 Å². The molecule has 1 aliphatic carbocycles. The smallest absolute Gasteiger partial charge is 0.306 e. The van der Waals surface area contributed by atoms with Crippen molar-refractivity contribution < 1.29 is 24.9 Å². The number of aryl methyl sites for hydroxylation is 1. The minimum Gasteiger partial charge on any atom is -0.463 e. The molecule has 1 aliphatic rings. The van der Waals surface area contributed by atoms with E-state index in [1.807, 2.05) is 31.4 Å². The summed E-state index contributed by atoms with van der Waals surface area (Å²) in [5.74, 6) is -0.126. The van der Waals surface area contributed by atoms with Gasteiger partial charge in [-0.05, 0) is 88.5 Å². The van der Waals surface area contributed by atoms with E-state index in [4.69, 9.17) is 4.74 Å². The number of ether oxygens (including phenoxy) is 1. The predicted molar refractivity (Wildman–Crippen MR) is 120 cm³/mol. The van der Waals surface area contributed by atoms with Gasteiger partial charge in [-0.15, -0.1) is 11.3 Å². The van der Waals surface area contributed by atoms with Gasteiger partial charge in [-0.2, -0.15) is 0 Å². The second kappa shape index (κ2) is 13.3. The largest absolute Gasteiger partial charge is 0.463 e. The molecule has 1 fully saturated rings. The lowest BCUT2D eigenvalue weighted by molar-refractivity contribution is -0.147. The van der Waals surface area contributed by atoms with Crippen LogP contribution >= 0.6 is 11.3 Å². The van der Waals surface area contributed by atoms with Crippen molar-refractivity contribution in [1.29, 1.82) is 0 Å². The number of unbranched alkanes of at least 4 members (excludes halogenated alkanes) is 1. The highest BCUT2D eigenvalue weighted by Crippen LogP contribution is 2.38. The lowest BCUT2D eigenvalue weighted by Crippen LogP contribution is -2.23. The number of allylic oxidation sites excluding steroid dienone is 2. The molecule has 1 aromatic heterocycles. The number of thiophene rings is 1. The van der Waals surface area contributed by atoms with Crippen LogP contribution in [0.2, 0.25) is 0 Å². The van der Waals surface area contributed by atoms with E-state index in [1.165, 1.54) is 4.88 Å². The zero-order valence-electron chi connectivity index (χ0n) is 18.3. The minimum atomic E-state index is -0.506. The molecule has 5 atom stereocenters. The van der Waals surface area contributed by atoms with Crippen LogP contribution in [0.15, 0.2) is 29.7 Å². The fourth-order valence-corrected chi connectivity index (χ4v) is 4.98. The zero-order chi connectivity index (χ0) is 21.9. The Kier molecular flexibility index (Phi) is 11.1. The van der Waals surface area contributed by atoms with Gasteiger partial charge in [0, 0.05) is 11.3 Å². The van der Waals surface area contributed by atoms with E-state index < -0.39 is 12.2 Å². The average molecular weight is 439 g/mol. The molecular weight excluding hydrogens is 400 g/mol. The van der Waals surface area contributed by atoms with Crippen molar-refractivity contribution in [3.8, 4) is 0 Å². The topological polar surface area (TPSA) is 87.0 Å². The maximum atomic E-state index is 11.5. The number of aliphatic hydroxyl groups excluding tert-OH is 3. The second-order valence-corrected chi connectivity index (χ2v) is 9.72. The number of carbonyl (C=O) groups excluding carboxylic acids is 1. The number of esters is 1. The predicted octanol–water partition coefficient (Wildman–Crippen LogP) is 4.25. The third-order valence-electron chi connectivity index (χ3n) is 5.85. The maximum absolute atomic E-state index is 11.5. The van der Waals surface area contributed by atoms with E-state index in [0.717, 1.165) is 32.1 Å². The van der Waals surface area contributed by atoms with Crippen LogP contribution in [-0.2, 0) is 16.0 Å². The van der Waals surface area contributed by atoms with Gasteiger partial charge in [-0.3, -0.25) is 4.79 Å². The molecule has 0 aliphatic heterocycles. The first kappa shape index (κ1) is 25.1. The van der Waals surface area contributed by atoms with E-state index in [0.29, 0.717) is 25.7 Å². The SMILES string of the molecule is CC(C)OC(=O)CCCC=CC[C@H]1C(O)CC(O)[C@@H]1CCC(O)CCc1cccs1. The molecule has 6 heteroatoms. The molecule has 0 radical (unpaired) electrons. The summed E-state index contributed by atoms with van der Waals surface area (Å²) < 4.78 is 5.12. The van der Waals surface area contributed by atoms with Crippen LogP contribution in [0.3, 0.4) is 0 Å². The number of aliphatic hydroxyl groups is 3. The van der Waals surface area contributed by atoms with E-state index in [1.54, 1.807) is 11.3 Å². The number of rotatable bonds is 13. The quantitative estimate of drug-likeness (QED) is 0.243. The summed E-state index contributed by atoms with van der Waals surface area (Å²) in [7, 11) is 0. The molecule has 5 nitrogen and oxygen atoms in total. The van der Waals surface area contributed by atoms with E-state index in [2.05, 4.69) is 12.1 Å². The fourth-order valence-electron chi connectivity index (χ4n) is 4.26. The standard InChI is InChI=1S/C24H38O5S/c1-17(2)29-24(28)10-6-4-3-5-9-20-21(23(27)16-22(20)26)14-12-18(25)11-13-19-8-7-15-30-19/h3,5,7-8,15,17-18,20-23,25-27H,4,6,9-14,16H2,1-2H3/t18?,20-,21-,22?,23?/m1/s1. The highest BCUT2D eigenvalue weighted by molar-refractivity contribution is 7.09. The van der Waals surface area contributed by atoms with Crippen molar-refractivity contribution in [2.45, 2.75) is 96.1 Å². The summed E-state index contributed by atoms with van der Waals surface area (Å²) in [6.45, 7) is 3.69. The molecule has 0 saturated heterocycles. The molecule has 30 heavy (non-hydrogen) atoms. The van der Waals surface area contributed by atoms with Crippen molar-refractivity contribution in [2.24, 2.45) is 11.8 Å². The minimum absolute atomic E-state index is 0.0158. The van der Waals surface area contributed by atoms with Gasteiger partial charge in [0.05, 0.1) is 24.4 Å². The van der Waals surface area contributed by atoms with Crippen LogP contribution in [0.25, 0.3) is 0 Å². The molecule has 1 saturated carbocycles. The first-order valence-electron chi connectivity index (χ1n) is 11.3. The average Bonchev–Trinajstić information content (AvgIpc) is 3.28. The summed E-state index contributed by atoms with van der Waals surface area (Å²) in [5, 5.41) is 33.1. The maximum Gasteiger partial charge on any atom is 0.306 e. The summed E-state index contributed by atoms with van der Waals surface area (Å²) in [6.07, 6.45) is 8.72. The Balaban J connectivity index is 1.69. The zero-order valence-corrected chi connectivity index (χ0v) is 19.1. The number of hydrogen-bond donors (Lipinski definition) is 3. The van der Waals surface area contributed by atoms with E-state index in [-0.39, 0.29) is 30.0 Å². The third-order valence-corrected chi connectivity index (χ3v) is 6.79. The Labute approximate surface area is 184 Å². The Morgan fingerprint density at radius 2 is 2.00 bits per heavy atom. The molecule has 0 amide bonds. The Bertz CT molecular complexity index is 628. The van der Waals surface area contributed by atoms with Gasteiger partial charge in [-0.1, -0.05) is 18.2 Å². The first-order valence-corrected chi connectivity index (χ1v) is 12.2. The van der Waals surface area contributed by atoms with Crippen molar-refractivity contribution in [3.05, 3.63) is 34.5 Å². The van der Waals surface area contributed by atoms with Gasteiger partial charge >= 0.3 is 5.97 Å². The van der Waals surface area contributed by atoms with Crippen LogP contribution in [-0.4, -0.2) is 45.7 Å². The lowest BCUT2D eigenvalue weighted by Gasteiger charge is -2.23.